The number of rotatable bonds is 5. The van der Waals surface area contributed by atoms with Crippen LogP contribution in [0.3, 0.4) is 0 Å². The summed E-state index contributed by atoms with van der Waals surface area (Å²) >= 11 is 11.9. The lowest BCUT2D eigenvalue weighted by atomic mass is 10.3. The van der Waals surface area contributed by atoms with E-state index in [0.29, 0.717) is 17.4 Å². The number of nitrogens with one attached hydrogen (secondary N) is 1. The molecule has 6 nitrogen and oxygen atoms in total. The lowest BCUT2D eigenvalue weighted by molar-refractivity contribution is -0.386. The van der Waals surface area contributed by atoms with Gasteiger partial charge >= 0.3 is 11.6 Å². The maximum absolute atomic E-state index is 11.0. The van der Waals surface area contributed by atoms with Crippen LogP contribution in [-0.4, -0.2) is 16.5 Å². The van der Waals surface area contributed by atoms with Gasteiger partial charge in [-0.2, -0.15) is 4.98 Å². The van der Waals surface area contributed by atoms with Crippen molar-refractivity contribution in [2.45, 2.75) is 6.92 Å². The van der Waals surface area contributed by atoms with Crippen molar-refractivity contribution in [3.8, 4) is 11.6 Å². The molecule has 1 aromatic heterocycles. The van der Waals surface area contributed by atoms with E-state index in [1.807, 2.05) is 6.92 Å². The number of aromatic nitrogens is 1. The Bertz CT molecular complexity index is 680. The Balaban J connectivity index is 2.43. The Morgan fingerprint density at radius 2 is 2.10 bits per heavy atom. The first-order chi connectivity index (χ1) is 10.0. The third-order valence-corrected chi connectivity index (χ3v) is 3.32. The number of halogens is 2. The number of benzene rings is 1. The summed E-state index contributed by atoms with van der Waals surface area (Å²) in [6.45, 7) is 2.51. The standard InChI is InChI=1S/C13H11Cl2N3O3/c1-2-16-11-7-6-9(18(19)20)13(17-11)21-10-5-3-4-8(14)12(10)15/h3-7H,2H2,1H3,(H,16,17). The van der Waals surface area contributed by atoms with Gasteiger partial charge in [-0.1, -0.05) is 29.3 Å². The summed E-state index contributed by atoms with van der Waals surface area (Å²) < 4.78 is 5.46. The fraction of sp³-hybridized carbons (Fsp3) is 0.154. The van der Waals surface area contributed by atoms with E-state index < -0.39 is 4.92 Å². The summed E-state index contributed by atoms with van der Waals surface area (Å²) in [4.78, 5) is 14.5. The topological polar surface area (TPSA) is 77.3 Å². The van der Waals surface area contributed by atoms with Crippen molar-refractivity contribution in [2.24, 2.45) is 0 Å². The Morgan fingerprint density at radius 1 is 1.33 bits per heavy atom. The van der Waals surface area contributed by atoms with E-state index >= 15 is 0 Å². The number of hydrogen-bond acceptors (Lipinski definition) is 5. The smallest absolute Gasteiger partial charge is 0.331 e. The highest BCUT2D eigenvalue weighted by Crippen LogP contribution is 2.37. The summed E-state index contributed by atoms with van der Waals surface area (Å²) in [5.41, 5.74) is -0.257. The van der Waals surface area contributed by atoms with Gasteiger partial charge in [-0.25, -0.2) is 0 Å². The van der Waals surface area contributed by atoms with Crippen molar-refractivity contribution in [1.29, 1.82) is 0 Å². The number of pyridine rings is 1. The largest absolute Gasteiger partial charge is 0.432 e. The SMILES string of the molecule is CCNc1ccc([N+](=O)[O-])c(Oc2cccc(Cl)c2Cl)n1. The molecule has 1 heterocycles. The van der Waals surface area contributed by atoms with Crippen LogP contribution in [0.5, 0.6) is 11.6 Å². The molecule has 21 heavy (non-hydrogen) atoms. The van der Waals surface area contributed by atoms with Gasteiger partial charge in [-0.15, -0.1) is 0 Å². The highest BCUT2D eigenvalue weighted by molar-refractivity contribution is 6.42. The molecule has 0 saturated heterocycles. The first-order valence-corrected chi connectivity index (χ1v) is 6.79. The molecule has 1 N–H and O–H groups in total. The van der Waals surface area contributed by atoms with Crippen LogP contribution in [0, 0.1) is 10.1 Å². The summed E-state index contributed by atoms with van der Waals surface area (Å²) in [6.07, 6.45) is 0. The number of anilines is 1. The van der Waals surface area contributed by atoms with Gasteiger partial charge in [-0.05, 0) is 25.1 Å². The van der Waals surface area contributed by atoms with Crippen molar-refractivity contribution in [3.05, 3.63) is 50.5 Å². The fourth-order valence-corrected chi connectivity index (χ4v) is 1.92. The summed E-state index contributed by atoms with van der Waals surface area (Å²) in [5, 5.41) is 14.5. The van der Waals surface area contributed by atoms with Crippen molar-refractivity contribution in [2.75, 3.05) is 11.9 Å². The zero-order valence-corrected chi connectivity index (χ0v) is 12.5. The van der Waals surface area contributed by atoms with Gasteiger partial charge in [0.25, 0.3) is 0 Å². The van der Waals surface area contributed by atoms with E-state index in [0.717, 1.165) is 0 Å². The molecular formula is C13H11Cl2N3O3. The Morgan fingerprint density at radius 3 is 2.76 bits per heavy atom. The van der Waals surface area contributed by atoms with E-state index in [9.17, 15) is 10.1 Å². The minimum Gasteiger partial charge on any atom is -0.432 e. The highest BCUT2D eigenvalue weighted by atomic mass is 35.5. The molecule has 0 unspecified atom stereocenters. The molecule has 110 valence electrons. The third kappa shape index (κ3) is 3.53. The second-order valence-corrected chi connectivity index (χ2v) is 4.75. The summed E-state index contributed by atoms with van der Waals surface area (Å²) in [6, 6.07) is 7.60. The monoisotopic (exact) mass is 327 g/mol. The molecule has 2 rings (SSSR count). The van der Waals surface area contributed by atoms with Crippen LogP contribution in [-0.2, 0) is 0 Å². The average molecular weight is 328 g/mol. The average Bonchev–Trinajstić information content (AvgIpc) is 2.44. The van der Waals surface area contributed by atoms with Crippen LogP contribution in [0.4, 0.5) is 11.5 Å². The number of hydrogen-bond donors (Lipinski definition) is 1. The number of ether oxygens (including phenoxy) is 1. The fourth-order valence-electron chi connectivity index (χ4n) is 1.59. The van der Waals surface area contributed by atoms with Crippen LogP contribution < -0.4 is 10.1 Å². The van der Waals surface area contributed by atoms with Crippen molar-refractivity contribution in [3.63, 3.8) is 0 Å². The maximum Gasteiger partial charge on any atom is 0.331 e. The second-order valence-electron chi connectivity index (χ2n) is 3.96. The first-order valence-electron chi connectivity index (χ1n) is 6.04. The van der Waals surface area contributed by atoms with Crippen LogP contribution in [0.15, 0.2) is 30.3 Å². The van der Waals surface area contributed by atoms with Crippen LogP contribution >= 0.6 is 23.2 Å². The van der Waals surface area contributed by atoms with Crippen molar-refractivity contribution >= 4 is 34.7 Å². The van der Waals surface area contributed by atoms with Gasteiger partial charge < -0.3 is 10.1 Å². The molecule has 0 atom stereocenters. The van der Waals surface area contributed by atoms with Crippen molar-refractivity contribution in [1.82, 2.24) is 4.98 Å². The number of nitrogens with zero attached hydrogens (tertiary/aromatic N) is 2. The second kappa shape index (κ2) is 6.60. The molecule has 1 aromatic carbocycles. The highest BCUT2D eigenvalue weighted by Gasteiger charge is 2.20. The van der Waals surface area contributed by atoms with E-state index in [4.69, 9.17) is 27.9 Å². The zero-order valence-electron chi connectivity index (χ0n) is 11.0. The molecule has 0 radical (unpaired) electrons. The predicted octanol–water partition coefficient (Wildman–Crippen LogP) is 4.52. The maximum atomic E-state index is 11.0. The lowest BCUT2D eigenvalue weighted by Gasteiger charge is -2.09. The molecule has 0 saturated carbocycles. The van der Waals surface area contributed by atoms with Crippen LogP contribution in [0.2, 0.25) is 10.0 Å². The van der Waals surface area contributed by atoms with E-state index in [2.05, 4.69) is 10.3 Å². The molecule has 2 aromatic rings. The van der Waals surface area contributed by atoms with Crippen molar-refractivity contribution < 1.29 is 9.66 Å². The van der Waals surface area contributed by atoms with Crippen LogP contribution in [0.25, 0.3) is 0 Å². The molecule has 0 spiro atoms. The quantitative estimate of drug-likeness (QED) is 0.645. The lowest BCUT2D eigenvalue weighted by Crippen LogP contribution is -2.02. The molecule has 0 aliphatic carbocycles. The van der Waals surface area contributed by atoms with Gasteiger partial charge in [-0.3, -0.25) is 10.1 Å². The van der Waals surface area contributed by atoms with E-state index in [1.54, 1.807) is 18.2 Å². The van der Waals surface area contributed by atoms with Gasteiger partial charge in [0.15, 0.2) is 0 Å². The minimum atomic E-state index is -0.573. The molecule has 0 bridgehead atoms. The van der Waals surface area contributed by atoms with Gasteiger partial charge in [0.05, 0.1) is 9.95 Å². The molecule has 8 heteroatoms. The number of nitro groups is 1. The molecule has 0 aliphatic rings. The molecule has 0 fully saturated rings. The molecule has 0 amide bonds. The molecule has 0 aliphatic heterocycles. The van der Waals surface area contributed by atoms with Crippen LogP contribution in [0.1, 0.15) is 6.92 Å². The Hall–Kier alpha value is -2.05. The first kappa shape index (κ1) is 15.3. The summed E-state index contributed by atoms with van der Waals surface area (Å²) in [5.74, 6) is 0.521. The van der Waals surface area contributed by atoms with Gasteiger partial charge in [0, 0.05) is 12.6 Å². The van der Waals surface area contributed by atoms with Gasteiger partial charge in [0.2, 0.25) is 0 Å². The summed E-state index contributed by atoms with van der Waals surface area (Å²) in [7, 11) is 0. The third-order valence-electron chi connectivity index (χ3n) is 2.52. The normalized spacial score (nSPS) is 10.2. The van der Waals surface area contributed by atoms with E-state index in [1.165, 1.54) is 12.1 Å². The zero-order chi connectivity index (χ0) is 15.4. The van der Waals surface area contributed by atoms with Gasteiger partial charge in [0.1, 0.15) is 16.6 Å². The predicted molar refractivity (Wildman–Crippen MR) is 81.6 cm³/mol. The Kier molecular flexibility index (Phi) is 4.82. The van der Waals surface area contributed by atoms with E-state index in [-0.39, 0.29) is 22.3 Å². The minimum absolute atomic E-state index is 0.150. The molecular weight excluding hydrogens is 317 g/mol. The Labute approximate surface area is 130 Å².